The predicted molar refractivity (Wildman–Crippen MR) is 169 cm³/mol. The number of aromatic nitrogens is 2. The molecule has 0 saturated carbocycles. The molecule has 11 heteroatoms. The van der Waals surface area contributed by atoms with Gasteiger partial charge in [-0.3, -0.25) is 19.0 Å². The molecule has 0 unspecified atom stereocenters. The standard InChI is InChI=1S/C33H28ClFN4O4S/c1-21-29(27-17-24(20-44-27)32(41)39(36)28(40)18-34)33(42)38(16-15-22-9-4-2-5-10-22)31(37-21)25-13-8-14-26(35)30(25)43-19-23-11-6-3-7-12-23/h2-14,17,20H,15-16,18-19,36H2,1H3. The molecule has 44 heavy (non-hydrogen) atoms. The van der Waals surface area contributed by atoms with Crippen molar-refractivity contribution in [3.05, 3.63) is 129 Å². The number of benzene rings is 3. The highest BCUT2D eigenvalue weighted by molar-refractivity contribution is 7.13. The molecule has 2 aromatic heterocycles. The van der Waals surface area contributed by atoms with E-state index in [9.17, 15) is 14.4 Å². The molecule has 0 fully saturated rings. The minimum absolute atomic E-state index is 0.0140. The van der Waals surface area contributed by atoms with Gasteiger partial charge in [-0.05, 0) is 42.7 Å². The molecule has 0 atom stereocenters. The van der Waals surface area contributed by atoms with Crippen molar-refractivity contribution in [3.63, 3.8) is 0 Å². The van der Waals surface area contributed by atoms with Crippen molar-refractivity contribution in [2.75, 3.05) is 5.88 Å². The summed E-state index contributed by atoms with van der Waals surface area (Å²) in [5.41, 5.74) is 2.61. The van der Waals surface area contributed by atoms with Crippen LogP contribution in [0.1, 0.15) is 27.2 Å². The Balaban J connectivity index is 1.60. The highest BCUT2D eigenvalue weighted by Gasteiger charge is 2.25. The second-order valence-electron chi connectivity index (χ2n) is 9.88. The van der Waals surface area contributed by atoms with Gasteiger partial charge < -0.3 is 4.74 Å². The number of nitrogens with two attached hydrogens (primary N) is 1. The van der Waals surface area contributed by atoms with Gasteiger partial charge in [0.25, 0.3) is 17.4 Å². The smallest absolute Gasteiger partial charge is 0.275 e. The summed E-state index contributed by atoms with van der Waals surface area (Å²) in [6, 6.07) is 25.1. The van der Waals surface area contributed by atoms with Gasteiger partial charge >= 0.3 is 0 Å². The van der Waals surface area contributed by atoms with Crippen LogP contribution in [-0.2, 0) is 24.4 Å². The van der Waals surface area contributed by atoms with Crippen molar-refractivity contribution >= 4 is 34.8 Å². The second kappa shape index (κ2) is 13.8. The fourth-order valence-electron chi connectivity index (χ4n) is 4.70. The van der Waals surface area contributed by atoms with E-state index < -0.39 is 23.5 Å². The van der Waals surface area contributed by atoms with E-state index in [1.54, 1.807) is 19.1 Å². The van der Waals surface area contributed by atoms with Gasteiger partial charge in [-0.2, -0.15) is 0 Å². The molecule has 0 bridgehead atoms. The minimum atomic E-state index is -0.754. The van der Waals surface area contributed by atoms with Gasteiger partial charge in [0.2, 0.25) is 0 Å². The van der Waals surface area contributed by atoms with Crippen LogP contribution in [0.3, 0.4) is 0 Å². The van der Waals surface area contributed by atoms with Gasteiger partial charge in [-0.15, -0.1) is 22.9 Å². The number of hydrogen-bond donors (Lipinski definition) is 1. The lowest BCUT2D eigenvalue weighted by atomic mass is 10.1. The lowest BCUT2D eigenvalue weighted by Gasteiger charge is -2.18. The average Bonchev–Trinajstić information content (AvgIpc) is 3.53. The summed E-state index contributed by atoms with van der Waals surface area (Å²) in [7, 11) is 0. The zero-order valence-corrected chi connectivity index (χ0v) is 25.3. The Kier molecular flexibility index (Phi) is 9.64. The average molecular weight is 631 g/mol. The Morgan fingerprint density at radius 3 is 2.39 bits per heavy atom. The number of carbonyl (C=O) groups excluding carboxylic acids is 2. The Bertz CT molecular complexity index is 1860. The van der Waals surface area contributed by atoms with Crippen molar-refractivity contribution in [1.29, 1.82) is 0 Å². The van der Waals surface area contributed by atoms with Gasteiger partial charge in [0, 0.05) is 16.8 Å². The number of alkyl halides is 1. The molecule has 224 valence electrons. The third-order valence-electron chi connectivity index (χ3n) is 6.95. The lowest BCUT2D eigenvalue weighted by Crippen LogP contribution is -2.43. The number of halogens is 2. The maximum atomic E-state index is 15.3. The molecule has 0 aliphatic rings. The van der Waals surface area contributed by atoms with Crippen LogP contribution in [0.25, 0.3) is 21.8 Å². The summed E-state index contributed by atoms with van der Waals surface area (Å²) >= 11 is 6.69. The number of nitrogens with zero attached hydrogens (tertiary/aromatic N) is 3. The number of ether oxygens (including phenoxy) is 1. The number of carbonyl (C=O) groups is 2. The molecule has 0 saturated heterocycles. The molecule has 2 heterocycles. The SMILES string of the molecule is Cc1nc(-c2cccc(F)c2OCc2ccccc2)n(CCc2ccccc2)c(=O)c1-c1cc(C(=O)N(N)C(=O)CCl)cs1. The first-order valence-corrected chi connectivity index (χ1v) is 15.1. The molecule has 5 aromatic rings. The monoisotopic (exact) mass is 630 g/mol. The number of aryl methyl sites for hydroxylation is 2. The fraction of sp³-hybridized carbons (Fsp3) is 0.152. The molecule has 2 amide bonds. The maximum Gasteiger partial charge on any atom is 0.275 e. The number of hydrogen-bond acceptors (Lipinski definition) is 7. The summed E-state index contributed by atoms with van der Waals surface area (Å²) in [5.74, 6) is 3.34. The van der Waals surface area contributed by atoms with E-state index in [0.29, 0.717) is 27.6 Å². The van der Waals surface area contributed by atoms with E-state index in [0.717, 1.165) is 22.5 Å². The molecule has 2 N–H and O–H groups in total. The van der Waals surface area contributed by atoms with Crippen molar-refractivity contribution in [2.45, 2.75) is 26.5 Å². The normalized spacial score (nSPS) is 10.9. The van der Waals surface area contributed by atoms with Crippen LogP contribution in [0.5, 0.6) is 5.75 Å². The topological polar surface area (TPSA) is 108 Å². The van der Waals surface area contributed by atoms with Gasteiger partial charge in [0.15, 0.2) is 11.6 Å². The minimum Gasteiger partial charge on any atom is -0.485 e. The van der Waals surface area contributed by atoms with E-state index in [4.69, 9.17) is 27.2 Å². The van der Waals surface area contributed by atoms with E-state index >= 15 is 4.39 Å². The third-order valence-corrected chi connectivity index (χ3v) is 8.12. The van der Waals surface area contributed by atoms with Crippen LogP contribution in [0, 0.1) is 12.7 Å². The van der Waals surface area contributed by atoms with Gasteiger partial charge in [-0.25, -0.2) is 20.2 Å². The summed E-state index contributed by atoms with van der Waals surface area (Å²) in [6.45, 7) is 2.04. The molecule has 0 spiro atoms. The molecular formula is C33H28ClFN4O4S. The number of rotatable bonds is 10. The molecule has 8 nitrogen and oxygen atoms in total. The Hall–Kier alpha value is -4.64. The molecule has 0 aliphatic heterocycles. The summed E-state index contributed by atoms with van der Waals surface area (Å²) in [4.78, 5) is 44.1. The zero-order valence-electron chi connectivity index (χ0n) is 23.7. The summed E-state index contributed by atoms with van der Waals surface area (Å²) in [5, 5.41) is 1.97. The largest absolute Gasteiger partial charge is 0.485 e. The molecule has 3 aromatic carbocycles. The van der Waals surface area contributed by atoms with E-state index in [2.05, 4.69) is 0 Å². The fourth-order valence-corrected chi connectivity index (χ4v) is 5.80. The van der Waals surface area contributed by atoms with Crippen molar-refractivity contribution < 1.29 is 18.7 Å². The number of para-hydroxylation sites is 1. The van der Waals surface area contributed by atoms with E-state index in [1.165, 1.54) is 22.1 Å². The van der Waals surface area contributed by atoms with Crippen molar-refractivity contribution in [2.24, 2.45) is 5.84 Å². The number of imide groups is 1. The molecular weight excluding hydrogens is 603 g/mol. The molecule has 0 radical (unpaired) electrons. The number of amides is 2. The van der Waals surface area contributed by atoms with Crippen LogP contribution >= 0.6 is 22.9 Å². The summed E-state index contributed by atoms with van der Waals surface area (Å²) in [6.07, 6.45) is 0.504. The van der Waals surface area contributed by atoms with Crippen molar-refractivity contribution in [1.82, 2.24) is 14.6 Å². The lowest BCUT2D eigenvalue weighted by molar-refractivity contribution is -0.126. The number of hydrazine groups is 1. The van der Waals surface area contributed by atoms with Gasteiger partial charge in [0.05, 0.1) is 22.4 Å². The van der Waals surface area contributed by atoms with Gasteiger partial charge in [-0.1, -0.05) is 66.7 Å². The second-order valence-corrected chi connectivity index (χ2v) is 11.1. The van der Waals surface area contributed by atoms with Gasteiger partial charge in [0.1, 0.15) is 18.3 Å². The van der Waals surface area contributed by atoms with E-state index in [1.807, 2.05) is 60.7 Å². The first-order chi connectivity index (χ1) is 21.3. The van der Waals surface area contributed by atoms with Crippen LogP contribution in [0.4, 0.5) is 4.39 Å². The van der Waals surface area contributed by atoms with Crippen LogP contribution in [-0.4, -0.2) is 32.3 Å². The van der Waals surface area contributed by atoms with Crippen LogP contribution in [0.2, 0.25) is 0 Å². The first-order valence-electron chi connectivity index (χ1n) is 13.7. The third kappa shape index (κ3) is 6.62. The Morgan fingerprint density at radius 2 is 1.70 bits per heavy atom. The van der Waals surface area contributed by atoms with Crippen LogP contribution in [0.15, 0.2) is 95.1 Å². The Labute approximate surface area is 262 Å². The quantitative estimate of drug-likeness (QED) is 0.0879. The maximum absolute atomic E-state index is 15.3. The predicted octanol–water partition coefficient (Wildman–Crippen LogP) is 5.99. The number of thiophene rings is 1. The first kappa shape index (κ1) is 30.8. The highest BCUT2D eigenvalue weighted by atomic mass is 35.5. The highest BCUT2D eigenvalue weighted by Crippen LogP contribution is 2.34. The van der Waals surface area contributed by atoms with Crippen LogP contribution < -0.4 is 16.1 Å². The molecule has 5 rings (SSSR count). The van der Waals surface area contributed by atoms with E-state index in [-0.39, 0.29) is 41.4 Å². The molecule has 0 aliphatic carbocycles. The Morgan fingerprint density at radius 1 is 1.02 bits per heavy atom. The summed E-state index contributed by atoms with van der Waals surface area (Å²) < 4.78 is 22.8. The zero-order chi connectivity index (χ0) is 31.2. The van der Waals surface area contributed by atoms with Crippen molar-refractivity contribution in [3.8, 4) is 27.6 Å².